The third-order valence-corrected chi connectivity index (χ3v) is 1.54. The predicted octanol–water partition coefficient (Wildman–Crippen LogP) is 2.03. The van der Waals surface area contributed by atoms with Crippen molar-refractivity contribution in [1.29, 1.82) is 0 Å². The minimum absolute atomic E-state index is 1.04. The fraction of sp³-hybridized carbons (Fsp3) is 0.500. The van der Waals surface area contributed by atoms with Crippen LogP contribution in [-0.4, -0.2) is 37.3 Å². The van der Waals surface area contributed by atoms with Crippen molar-refractivity contribution in [3.8, 4) is 0 Å². The summed E-state index contributed by atoms with van der Waals surface area (Å²) in [6.07, 6.45) is 2.87. The monoisotopic (exact) mass is 210 g/mol. The first-order chi connectivity index (χ1) is 7.29. The van der Waals surface area contributed by atoms with Crippen molar-refractivity contribution in [1.82, 2.24) is 9.88 Å². The number of rotatable bonds is 3. The zero-order chi connectivity index (χ0) is 12.1. The summed E-state index contributed by atoms with van der Waals surface area (Å²) in [4.78, 5) is 14.4. The van der Waals surface area contributed by atoms with E-state index in [0.717, 1.165) is 13.0 Å². The molecule has 0 amide bonds. The Hall–Kier alpha value is -1.22. The normalized spacial score (nSPS) is 8.33. The summed E-state index contributed by atoms with van der Waals surface area (Å²) in [6, 6.07) is 6.03. The third-order valence-electron chi connectivity index (χ3n) is 1.54. The van der Waals surface area contributed by atoms with Crippen LogP contribution in [0, 0.1) is 0 Å². The maximum Gasteiger partial charge on any atom is 0.106 e. The Morgan fingerprint density at radius 3 is 2.27 bits per heavy atom. The first-order valence-electron chi connectivity index (χ1n) is 5.12. The van der Waals surface area contributed by atoms with Gasteiger partial charge in [-0.2, -0.15) is 0 Å². The first-order valence-corrected chi connectivity index (χ1v) is 5.12. The van der Waals surface area contributed by atoms with E-state index in [1.54, 1.807) is 0 Å². The number of pyridine rings is 1. The summed E-state index contributed by atoms with van der Waals surface area (Å²) in [6.45, 7) is 7.07. The molecular formula is C12H22N2O. The summed E-state index contributed by atoms with van der Waals surface area (Å²) in [5.74, 6) is 0. The molecule has 0 unspecified atom stereocenters. The van der Waals surface area contributed by atoms with Crippen LogP contribution < -0.4 is 0 Å². The van der Waals surface area contributed by atoms with Gasteiger partial charge in [0.25, 0.3) is 0 Å². The van der Waals surface area contributed by atoms with Crippen LogP contribution in [0.3, 0.4) is 0 Å². The second kappa shape index (κ2) is 12.8. The Kier molecular flexibility index (Phi) is 13.8. The van der Waals surface area contributed by atoms with E-state index in [2.05, 4.69) is 30.0 Å². The van der Waals surface area contributed by atoms with Gasteiger partial charge in [-0.3, -0.25) is 4.98 Å². The van der Waals surface area contributed by atoms with Gasteiger partial charge < -0.3 is 9.69 Å². The molecule has 0 aliphatic carbocycles. The minimum atomic E-state index is 1.04. The second-order valence-electron chi connectivity index (χ2n) is 2.87. The standard InChI is InChI=1S/C9H14N2.C2H6.CH2O/c1-11(2)8-6-9-5-3-4-7-10-9;2*1-2/h3-5,7H,6,8H2,1-2H3;1-2H3;1H2. The van der Waals surface area contributed by atoms with Crippen LogP contribution in [0.5, 0.6) is 0 Å². The lowest BCUT2D eigenvalue weighted by molar-refractivity contribution is -0.0979. The molecule has 0 radical (unpaired) electrons. The topological polar surface area (TPSA) is 33.2 Å². The zero-order valence-corrected chi connectivity index (χ0v) is 10.2. The SMILES string of the molecule is C=O.CC.CN(C)CCc1ccccn1. The van der Waals surface area contributed by atoms with E-state index in [1.807, 2.05) is 39.0 Å². The van der Waals surface area contributed by atoms with Gasteiger partial charge in [-0.25, -0.2) is 0 Å². The zero-order valence-electron chi connectivity index (χ0n) is 10.2. The summed E-state index contributed by atoms with van der Waals surface area (Å²) in [5.41, 5.74) is 1.17. The Morgan fingerprint density at radius 2 is 1.87 bits per heavy atom. The maximum absolute atomic E-state index is 8.00. The first kappa shape index (κ1) is 16.2. The van der Waals surface area contributed by atoms with Gasteiger partial charge in [0.05, 0.1) is 0 Å². The van der Waals surface area contributed by atoms with Gasteiger partial charge >= 0.3 is 0 Å². The van der Waals surface area contributed by atoms with E-state index in [1.165, 1.54) is 5.69 Å². The van der Waals surface area contributed by atoms with Crippen molar-refractivity contribution in [3.63, 3.8) is 0 Å². The van der Waals surface area contributed by atoms with Crippen LogP contribution in [0.2, 0.25) is 0 Å². The molecule has 0 aromatic carbocycles. The number of likely N-dealkylation sites (N-methyl/N-ethyl adjacent to an activating group) is 1. The predicted molar refractivity (Wildman–Crippen MR) is 65.0 cm³/mol. The molecule has 1 aromatic rings. The van der Waals surface area contributed by atoms with Gasteiger partial charge in [0.2, 0.25) is 0 Å². The number of carbonyl (C=O) groups excluding carboxylic acids is 1. The summed E-state index contributed by atoms with van der Waals surface area (Å²) in [7, 11) is 4.14. The van der Waals surface area contributed by atoms with Gasteiger partial charge in [-0.1, -0.05) is 19.9 Å². The molecule has 0 N–H and O–H groups in total. The van der Waals surface area contributed by atoms with Crippen molar-refractivity contribution < 1.29 is 4.79 Å². The average molecular weight is 210 g/mol. The molecule has 1 heterocycles. The van der Waals surface area contributed by atoms with Crippen LogP contribution in [-0.2, 0) is 11.2 Å². The molecule has 0 fully saturated rings. The quantitative estimate of drug-likeness (QED) is 0.765. The summed E-state index contributed by atoms with van der Waals surface area (Å²) < 4.78 is 0. The van der Waals surface area contributed by atoms with Crippen LogP contribution in [0.25, 0.3) is 0 Å². The van der Waals surface area contributed by atoms with Crippen LogP contribution >= 0.6 is 0 Å². The van der Waals surface area contributed by atoms with Gasteiger partial charge in [0, 0.05) is 24.9 Å². The van der Waals surface area contributed by atoms with Crippen LogP contribution in [0.4, 0.5) is 0 Å². The highest BCUT2D eigenvalue weighted by atomic mass is 16.1. The number of nitrogens with zero attached hydrogens (tertiary/aromatic N) is 2. The molecule has 0 saturated heterocycles. The highest BCUT2D eigenvalue weighted by molar-refractivity contribution is 5.11. The lowest BCUT2D eigenvalue weighted by atomic mass is 10.3. The molecule has 1 aromatic heterocycles. The van der Waals surface area contributed by atoms with E-state index < -0.39 is 0 Å². The minimum Gasteiger partial charge on any atom is -0.309 e. The third kappa shape index (κ3) is 10.7. The van der Waals surface area contributed by atoms with Crippen molar-refractivity contribution in [2.24, 2.45) is 0 Å². The Morgan fingerprint density at radius 1 is 1.27 bits per heavy atom. The van der Waals surface area contributed by atoms with E-state index in [4.69, 9.17) is 4.79 Å². The van der Waals surface area contributed by atoms with Crippen molar-refractivity contribution in [2.45, 2.75) is 20.3 Å². The second-order valence-corrected chi connectivity index (χ2v) is 2.87. The number of hydrogen-bond donors (Lipinski definition) is 0. The molecule has 0 aliphatic rings. The number of aromatic nitrogens is 1. The molecule has 0 atom stereocenters. The lowest BCUT2D eigenvalue weighted by Crippen LogP contribution is -2.15. The fourth-order valence-corrected chi connectivity index (χ4v) is 0.884. The fourth-order valence-electron chi connectivity index (χ4n) is 0.884. The van der Waals surface area contributed by atoms with Crippen LogP contribution in [0.15, 0.2) is 24.4 Å². The van der Waals surface area contributed by atoms with Gasteiger partial charge in [-0.15, -0.1) is 0 Å². The molecule has 0 spiro atoms. The van der Waals surface area contributed by atoms with Gasteiger partial charge in [0.15, 0.2) is 0 Å². The molecule has 15 heavy (non-hydrogen) atoms. The average Bonchev–Trinajstić information content (AvgIpc) is 2.33. The molecule has 0 bridgehead atoms. The Labute approximate surface area is 93.1 Å². The van der Waals surface area contributed by atoms with E-state index in [9.17, 15) is 0 Å². The largest absolute Gasteiger partial charge is 0.309 e. The van der Waals surface area contributed by atoms with Crippen molar-refractivity contribution >= 4 is 6.79 Å². The highest BCUT2D eigenvalue weighted by Crippen LogP contribution is 1.94. The molecule has 3 nitrogen and oxygen atoms in total. The lowest BCUT2D eigenvalue weighted by Gasteiger charge is -2.07. The smallest absolute Gasteiger partial charge is 0.106 e. The van der Waals surface area contributed by atoms with Crippen molar-refractivity contribution in [2.75, 3.05) is 20.6 Å². The molecule has 86 valence electrons. The van der Waals surface area contributed by atoms with E-state index in [-0.39, 0.29) is 0 Å². The number of hydrogen-bond acceptors (Lipinski definition) is 3. The molecule has 0 aliphatic heterocycles. The Bertz CT molecular complexity index is 212. The Balaban J connectivity index is 0. The van der Waals surface area contributed by atoms with Crippen LogP contribution in [0.1, 0.15) is 19.5 Å². The van der Waals surface area contributed by atoms with Gasteiger partial charge in [0.1, 0.15) is 6.79 Å². The molecule has 1 rings (SSSR count). The summed E-state index contributed by atoms with van der Waals surface area (Å²) >= 11 is 0. The highest BCUT2D eigenvalue weighted by Gasteiger charge is 1.93. The van der Waals surface area contributed by atoms with Gasteiger partial charge in [-0.05, 0) is 26.2 Å². The van der Waals surface area contributed by atoms with E-state index in [0.29, 0.717) is 0 Å². The van der Waals surface area contributed by atoms with Crippen molar-refractivity contribution in [3.05, 3.63) is 30.1 Å². The molecule has 3 heteroatoms. The maximum atomic E-state index is 8.00. The number of carbonyl (C=O) groups is 1. The molecule has 0 saturated carbocycles. The van der Waals surface area contributed by atoms with E-state index >= 15 is 0 Å². The summed E-state index contributed by atoms with van der Waals surface area (Å²) in [5, 5.41) is 0. The molecular weight excluding hydrogens is 188 g/mol.